The minimum absolute atomic E-state index is 0.0349. The van der Waals surface area contributed by atoms with Gasteiger partial charge in [-0.05, 0) is 63.1 Å². The van der Waals surface area contributed by atoms with Crippen LogP contribution in [-0.2, 0) is 23.3 Å². The lowest BCUT2D eigenvalue weighted by atomic mass is 9.86. The number of anilines is 1. The zero-order valence-electron chi connectivity index (χ0n) is 27.6. The molecule has 0 fully saturated rings. The molecule has 0 spiro atoms. The van der Waals surface area contributed by atoms with Crippen molar-refractivity contribution in [3.05, 3.63) is 154 Å². The van der Waals surface area contributed by atoms with Crippen molar-refractivity contribution in [2.75, 3.05) is 5.32 Å². The van der Waals surface area contributed by atoms with E-state index in [1.54, 1.807) is 17.0 Å². The number of nitrogens with one attached hydrogen (secondary N) is 2. The molecule has 1 atom stereocenters. The molecular weight excluding hydrogens is 629 g/mol. The second kappa shape index (κ2) is 13.1. The SMILES string of the molecule is CC(C)(C)c1ccc(-c2ccccc2C(=O)Nc2ccc3nc(C(=O)N[C@H](C(=O)N4Cc5ccccc5C4)c4ccccc4)sc3c2)cc1. The van der Waals surface area contributed by atoms with E-state index in [2.05, 4.69) is 60.7 Å². The molecule has 7 rings (SSSR count). The number of carbonyl (C=O) groups excluding carboxylic acids is 3. The van der Waals surface area contributed by atoms with Crippen LogP contribution in [0.25, 0.3) is 21.3 Å². The largest absolute Gasteiger partial charge is 0.334 e. The number of aromatic nitrogens is 1. The molecule has 1 aromatic heterocycles. The summed E-state index contributed by atoms with van der Waals surface area (Å²) in [6, 6.07) is 37.7. The molecule has 0 bridgehead atoms. The van der Waals surface area contributed by atoms with Crippen LogP contribution >= 0.6 is 11.3 Å². The summed E-state index contributed by atoms with van der Waals surface area (Å²) in [5, 5.41) is 6.23. The number of rotatable bonds is 7. The number of thiazole rings is 1. The van der Waals surface area contributed by atoms with Gasteiger partial charge < -0.3 is 15.5 Å². The fourth-order valence-corrected chi connectivity index (χ4v) is 7.09. The Labute approximate surface area is 289 Å². The molecule has 8 heteroatoms. The van der Waals surface area contributed by atoms with Crippen LogP contribution in [0.4, 0.5) is 5.69 Å². The van der Waals surface area contributed by atoms with E-state index in [0.717, 1.165) is 27.0 Å². The Morgan fingerprint density at radius 3 is 2.10 bits per heavy atom. The first kappa shape index (κ1) is 32.0. The highest BCUT2D eigenvalue weighted by Crippen LogP contribution is 2.31. The minimum Gasteiger partial charge on any atom is -0.334 e. The molecule has 244 valence electrons. The Hall–Kier alpha value is -5.60. The van der Waals surface area contributed by atoms with E-state index in [1.807, 2.05) is 84.9 Å². The minimum atomic E-state index is -0.866. The molecule has 6 aromatic rings. The van der Waals surface area contributed by atoms with Gasteiger partial charge in [0.25, 0.3) is 11.8 Å². The zero-order valence-corrected chi connectivity index (χ0v) is 28.4. The number of hydrogen-bond acceptors (Lipinski definition) is 5. The maximum atomic E-state index is 13.8. The Morgan fingerprint density at radius 2 is 1.41 bits per heavy atom. The van der Waals surface area contributed by atoms with Crippen molar-refractivity contribution in [2.45, 2.75) is 45.3 Å². The summed E-state index contributed by atoms with van der Waals surface area (Å²) in [4.78, 5) is 47.4. The van der Waals surface area contributed by atoms with Crippen LogP contribution < -0.4 is 10.6 Å². The summed E-state index contributed by atoms with van der Waals surface area (Å²) < 4.78 is 0.742. The van der Waals surface area contributed by atoms with Crippen LogP contribution in [0.2, 0.25) is 0 Å². The number of fused-ring (bicyclic) bond motifs is 2. The van der Waals surface area contributed by atoms with E-state index in [9.17, 15) is 14.4 Å². The fraction of sp³-hybridized carbons (Fsp3) is 0.171. The molecule has 2 N–H and O–H groups in total. The van der Waals surface area contributed by atoms with E-state index in [4.69, 9.17) is 0 Å². The molecule has 2 heterocycles. The molecule has 7 nitrogen and oxygen atoms in total. The van der Waals surface area contributed by atoms with E-state index in [1.165, 1.54) is 16.9 Å². The van der Waals surface area contributed by atoms with Gasteiger partial charge in [-0.15, -0.1) is 11.3 Å². The van der Waals surface area contributed by atoms with Crippen molar-refractivity contribution in [3.63, 3.8) is 0 Å². The van der Waals surface area contributed by atoms with Gasteiger partial charge in [-0.1, -0.05) is 118 Å². The van der Waals surface area contributed by atoms with Gasteiger partial charge in [0, 0.05) is 24.3 Å². The number of carbonyl (C=O) groups is 3. The number of nitrogens with zero attached hydrogens (tertiary/aromatic N) is 2. The van der Waals surface area contributed by atoms with Gasteiger partial charge in [0.1, 0.15) is 6.04 Å². The van der Waals surface area contributed by atoms with Gasteiger partial charge in [-0.25, -0.2) is 4.98 Å². The molecule has 0 saturated carbocycles. The summed E-state index contributed by atoms with van der Waals surface area (Å²) in [5.41, 5.74) is 7.79. The maximum absolute atomic E-state index is 13.8. The molecule has 5 aromatic carbocycles. The van der Waals surface area contributed by atoms with Gasteiger partial charge >= 0.3 is 0 Å². The third-order valence-electron chi connectivity index (χ3n) is 8.88. The standard InChI is InChI=1S/C41H36N4O3S/c1-41(2,3)30-19-17-26(18-20-30)32-15-9-10-16-33(32)37(46)42-31-21-22-34-35(23-31)49-39(43-34)38(47)44-36(27-11-5-4-6-12-27)40(48)45-24-28-13-7-8-14-29(28)25-45/h4-23,36H,24-25H2,1-3H3,(H,42,46)(H,44,47)/t36-/m0/s1. The average molecular weight is 665 g/mol. The Balaban J connectivity index is 1.09. The first-order chi connectivity index (χ1) is 23.6. The molecule has 1 aliphatic rings. The zero-order chi connectivity index (χ0) is 34.1. The van der Waals surface area contributed by atoms with E-state index in [0.29, 0.717) is 35.4 Å². The van der Waals surface area contributed by atoms with Crippen molar-refractivity contribution in [1.82, 2.24) is 15.2 Å². The van der Waals surface area contributed by atoms with Crippen molar-refractivity contribution >= 4 is 45.0 Å². The lowest BCUT2D eigenvalue weighted by Crippen LogP contribution is -2.40. The monoisotopic (exact) mass is 664 g/mol. The fourth-order valence-electron chi connectivity index (χ4n) is 6.18. The molecule has 3 amide bonds. The van der Waals surface area contributed by atoms with Crippen LogP contribution in [-0.4, -0.2) is 27.6 Å². The number of hydrogen-bond donors (Lipinski definition) is 2. The molecular formula is C41H36N4O3S. The molecule has 1 aliphatic heterocycles. The summed E-state index contributed by atoms with van der Waals surface area (Å²) >= 11 is 1.22. The molecule has 49 heavy (non-hydrogen) atoms. The maximum Gasteiger partial charge on any atom is 0.281 e. The first-order valence-electron chi connectivity index (χ1n) is 16.3. The second-order valence-electron chi connectivity index (χ2n) is 13.3. The van der Waals surface area contributed by atoms with Crippen LogP contribution in [0.1, 0.15) is 69.2 Å². The van der Waals surface area contributed by atoms with E-state index in [-0.39, 0.29) is 22.2 Å². The van der Waals surface area contributed by atoms with Crippen LogP contribution in [0.5, 0.6) is 0 Å². The average Bonchev–Trinajstić information content (AvgIpc) is 3.75. The lowest BCUT2D eigenvalue weighted by Gasteiger charge is -2.24. The lowest BCUT2D eigenvalue weighted by molar-refractivity contribution is -0.134. The molecule has 0 aliphatic carbocycles. The molecule has 0 radical (unpaired) electrons. The van der Waals surface area contributed by atoms with Gasteiger partial charge in [0.2, 0.25) is 5.91 Å². The van der Waals surface area contributed by atoms with Crippen molar-refractivity contribution in [2.24, 2.45) is 0 Å². The highest BCUT2D eigenvalue weighted by atomic mass is 32.1. The number of amides is 3. The number of benzene rings is 5. The summed E-state index contributed by atoms with van der Waals surface area (Å²) in [5.74, 6) is -0.838. The van der Waals surface area contributed by atoms with Gasteiger partial charge in [0.15, 0.2) is 5.01 Å². The van der Waals surface area contributed by atoms with Crippen molar-refractivity contribution in [1.29, 1.82) is 0 Å². The predicted octanol–water partition coefficient (Wildman–Crippen LogP) is 8.53. The van der Waals surface area contributed by atoms with E-state index < -0.39 is 11.9 Å². The summed E-state index contributed by atoms with van der Waals surface area (Å²) in [7, 11) is 0. The van der Waals surface area contributed by atoms with Gasteiger partial charge in [-0.2, -0.15) is 0 Å². The second-order valence-corrected chi connectivity index (χ2v) is 14.3. The normalized spacial score (nSPS) is 13.2. The topological polar surface area (TPSA) is 91.4 Å². The highest BCUT2D eigenvalue weighted by molar-refractivity contribution is 7.20. The van der Waals surface area contributed by atoms with Crippen molar-refractivity contribution < 1.29 is 14.4 Å². The highest BCUT2D eigenvalue weighted by Gasteiger charge is 2.32. The Kier molecular flexibility index (Phi) is 8.57. The quantitative estimate of drug-likeness (QED) is 0.179. The van der Waals surface area contributed by atoms with Crippen LogP contribution in [0.15, 0.2) is 121 Å². The van der Waals surface area contributed by atoms with Crippen LogP contribution in [0.3, 0.4) is 0 Å². The van der Waals surface area contributed by atoms with Crippen LogP contribution in [0, 0.1) is 0 Å². The molecule has 0 unspecified atom stereocenters. The third-order valence-corrected chi connectivity index (χ3v) is 9.90. The van der Waals surface area contributed by atoms with E-state index >= 15 is 0 Å². The van der Waals surface area contributed by atoms with Gasteiger partial charge in [-0.3, -0.25) is 14.4 Å². The first-order valence-corrected chi connectivity index (χ1v) is 17.1. The predicted molar refractivity (Wildman–Crippen MR) is 195 cm³/mol. The smallest absolute Gasteiger partial charge is 0.281 e. The Bertz CT molecular complexity index is 2160. The van der Waals surface area contributed by atoms with Gasteiger partial charge in [0.05, 0.1) is 10.2 Å². The third kappa shape index (κ3) is 6.73. The Morgan fingerprint density at radius 1 is 0.755 bits per heavy atom. The van der Waals surface area contributed by atoms with Crippen molar-refractivity contribution in [3.8, 4) is 11.1 Å². The summed E-state index contributed by atoms with van der Waals surface area (Å²) in [6.45, 7) is 7.53. The molecule has 0 saturated heterocycles. The summed E-state index contributed by atoms with van der Waals surface area (Å²) in [6.07, 6.45) is 0.